The van der Waals surface area contributed by atoms with E-state index in [1.807, 2.05) is 20.8 Å². The summed E-state index contributed by atoms with van der Waals surface area (Å²) in [5.74, 6) is 1.19. The summed E-state index contributed by atoms with van der Waals surface area (Å²) < 4.78 is 44.0. The zero-order valence-electron chi connectivity index (χ0n) is 20.8. The summed E-state index contributed by atoms with van der Waals surface area (Å²) in [6, 6.07) is 10.1. The summed E-state index contributed by atoms with van der Waals surface area (Å²) in [5, 5.41) is 20.3. The third-order valence-electron chi connectivity index (χ3n) is 5.97. The van der Waals surface area contributed by atoms with Gasteiger partial charge < -0.3 is 24.4 Å². The Bertz CT molecular complexity index is 1150. The zero-order chi connectivity index (χ0) is 26.3. The van der Waals surface area contributed by atoms with Gasteiger partial charge in [-0.15, -0.1) is 0 Å². The van der Waals surface area contributed by atoms with E-state index in [-0.39, 0.29) is 50.3 Å². The van der Waals surface area contributed by atoms with Crippen molar-refractivity contribution < 1.29 is 37.6 Å². The van der Waals surface area contributed by atoms with Gasteiger partial charge in [-0.25, -0.2) is 17.5 Å². The second-order valence-corrected chi connectivity index (χ2v) is 10.7. The van der Waals surface area contributed by atoms with E-state index >= 15 is 0 Å². The van der Waals surface area contributed by atoms with Crippen molar-refractivity contribution in [2.45, 2.75) is 40.0 Å². The van der Waals surface area contributed by atoms with Crippen LogP contribution in [-0.4, -0.2) is 66.2 Å². The second kappa shape index (κ2) is 12.2. The minimum Gasteiger partial charge on any atom is -0.504 e. The lowest BCUT2D eigenvalue weighted by Crippen LogP contribution is -2.44. The quantitative estimate of drug-likeness (QED) is 0.394. The van der Waals surface area contributed by atoms with Gasteiger partial charge in [-0.2, -0.15) is 0 Å². The van der Waals surface area contributed by atoms with E-state index in [4.69, 9.17) is 14.2 Å². The van der Waals surface area contributed by atoms with Crippen LogP contribution in [0.3, 0.4) is 0 Å². The maximum atomic E-state index is 13.1. The zero-order valence-corrected chi connectivity index (χ0v) is 21.7. The van der Waals surface area contributed by atoms with Gasteiger partial charge >= 0.3 is 6.09 Å². The fourth-order valence-electron chi connectivity index (χ4n) is 3.77. The number of carboxylic acid groups (broad SMARTS) is 1. The third-order valence-corrected chi connectivity index (χ3v) is 7.76. The number of benzene rings is 2. The number of fused-ring (bicyclic) bond motifs is 1. The van der Waals surface area contributed by atoms with E-state index in [1.165, 1.54) is 4.31 Å². The van der Waals surface area contributed by atoms with Gasteiger partial charge in [0.05, 0.1) is 0 Å². The number of para-hydroxylation sites is 1. The minimum absolute atomic E-state index is 0.0420. The highest BCUT2D eigenvalue weighted by Gasteiger charge is 2.28. The summed E-state index contributed by atoms with van der Waals surface area (Å²) in [4.78, 5) is 12.6. The highest BCUT2D eigenvalue weighted by molar-refractivity contribution is 7.89. The maximum Gasteiger partial charge on any atom is 0.408 e. The molecule has 3 rings (SSSR count). The fourth-order valence-corrected chi connectivity index (χ4v) is 5.38. The molecule has 0 aliphatic carbocycles. The molecule has 0 saturated carbocycles. The molecule has 0 saturated heterocycles. The number of sulfonamides is 1. The molecule has 1 amide bonds. The normalized spacial score (nSPS) is 13.6. The van der Waals surface area contributed by atoms with Gasteiger partial charge in [0.25, 0.3) is 0 Å². The molecular formula is C25H34N2O8S. The van der Waals surface area contributed by atoms with Gasteiger partial charge in [-0.05, 0) is 42.5 Å². The number of nitrogens with zero attached hydrogens (tertiary/aromatic N) is 2. The molecule has 2 aromatic carbocycles. The minimum atomic E-state index is -3.89. The summed E-state index contributed by atoms with van der Waals surface area (Å²) in [6.07, 6.45) is 0.270. The van der Waals surface area contributed by atoms with Gasteiger partial charge in [0, 0.05) is 25.7 Å². The van der Waals surface area contributed by atoms with Gasteiger partial charge in [0.2, 0.25) is 16.8 Å². The standard InChI is InChI=1S/C25H34N2O8S/c1-4-12-27(36(31,32)16-26(25(29)30)15-18(3)5-2)13-11-19-7-6-8-22(24(19)28)35-20-9-10-21-23(14-20)34-17-33-21/h6-10,14,18,28H,4-5,11-13,15-17H2,1-3H3,(H,29,30). The Labute approximate surface area is 212 Å². The van der Waals surface area contributed by atoms with Gasteiger partial charge in [0.1, 0.15) is 11.6 Å². The molecule has 1 heterocycles. The van der Waals surface area contributed by atoms with Crippen molar-refractivity contribution in [3.05, 3.63) is 42.0 Å². The number of hydrogen-bond donors (Lipinski definition) is 2. The van der Waals surface area contributed by atoms with Crippen molar-refractivity contribution >= 4 is 16.1 Å². The topological polar surface area (TPSA) is 126 Å². The number of hydrogen-bond acceptors (Lipinski definition) is 7. The molecule has 36 heavy (non-hydrogen) atoms. The summed E-state index contributed by atoms with van der Waals surface area (Å²) >= 11 is 0. The van der Waals surface area contributed by atoms with Crippen LogP contribution >= 0.6 is 0 Å². The Morgan fingerprint density at radius 1 is 1.14 bits per heavy atom. The fraction of sp³-hybridized carbons (Fsp3) is 0.480. The maximum absolute atomic E-state index is 13.1. The molecule has 0 bridgehead atoms. The molecular weight excluding hydrogens is 488 g/mol. The lowest BCUT2D eigenvalue weighted by atomic mass is 10.1. The van der Waals surface area contributed by atoms with Gasteiger partial charge in [-0.1, -0.05) is 39.3 Å². The average molecular weight is 523 g/mol. The van der Waals surface area contributed by atoms with Crippen molar-refractivity contribution in [2.75, 3.05) is 32.3 Å². The number of aromatic hydroxyl groups is 1. The third kappa shape index (κ3) is 6.94. The summed E-state index contributed by atoms with van der Waals surface area (Å²) in [7, 11) is -3.89. The van der Waals surface area contributed by atoms with E-state index < -0.39 is 22.0 Å². The van der Waals surface area contributed by atoms with E-state index in [1.54, 1.807) is 36.4 Å². The Morgan fingerprint density at radius 3 is 2.58 bits per heavy atom. The Hall–Kier alpha value is -3.18. The highest BCUT2D eigenvalue weighted by Crippen LogP contribution is 2.39. The number of amides is 1. The Kier molecular flexibility index (Phi) is 9.27. The van der Waals surface area contributed by atoms with Crippen molar-refractivity contribution in [2.24, 2.45) is 5.92 Å². The predicted octanol–water partition coefficient (Wildman–Crippen LogP) is 4.48. The molecule has 1 aliphatic heterocycles. The summed E-state index contributed by atoms with van der Waals surface area (Å²) in [6.45, 7) is 6.28. The molecule has 1 unspecified atom stereocenters. The first-order valence-corrected chi connectivity index (χ1v) is 13.6. The van der Waals surface area contributed by atoms with Gasteiger partial charge in [-0.3, -0.25) is 4.90 Å². The Morgan fingerprint density at radius 2 is 1.89 bits per heavy atom. The van der Waals surface area contributed by atoms with Crippen LogP contribution in [0.25, 0.3) is 0 Å². The number of phenols is 1. The first kappa shape index (κ1) is 27.4. The Balaban J connectivity index is 1.71. The summed E-state index contributed by atoms with van der Waals surface area (Å²) in [5.41, 5.74) is 0.513. The largest absolute Gasteiger partial charge is 0.504 e. The lowest BCUT2D eigenvalue weighted by Gasteiger charge is -2.27. The lowest BCUT2D eigenvalue weighted by molar-refractivity contribution is 0.145. The molecule has 2 N–H and O–H groups in total. The van der Waals surface area contributed by atoms with E-state index in [0.717, 1.165) is 11.3 Å². The smallest absolute Gasteiger partial charge is 0.408 e. The van der Waals surface area contributed by atoms with Crippen LogP contribution in [0, 0.1) is 5.92 Å². The monoisotopic (exact) mass is 522 g/mol. The van der Waals surface area contributed by atoms with E-state index in [2.05, 4.69) is 0 Å². The molecule has 1 atom stereocenters. The van der Waals surface area contributed by atoms with Crippen LogP contribution in [0.1, 0.15) is 39.2 Å². The van der Waals surface area contributed by atoms with Crippen LogP contribution in [0.15, 0.2) is 36.4 Å². The first-order valence-electron chi connectivity index (χ1n) is 12.0. The second-order valence-electron chi connectivity index (χ2n) is 8.79. The molecule has 0 radical (unpaired) electrons. The van der Waals surface area contributed by atoms with Gasteiger partial charge in [0.15, 0.2) is 23.0 Å². The van der Waals surface area contributed by atoms with E-state index in [0.29, 0.717) is 29.2 Å². The van der Waals surface area contributed by atoms with Crippen LogP contribution < -0.4 is 14.2 Å². The first-order chi connectivity index (χ1) is 17.1. The SMILES string of the molecule is CCCN(CCc1cccc(Oc2ccc3c(c2)OCO3)c1O)S(=O)(=O)CN(CC(C)CC)C(=O)O. The molecule has 0 spiro atoms. The van der Waals surface area contributed by atoms with Crippen LogP contribution in [0.2, 0.25) is 0 Å². The molecule has 2 aromatic rings. The van der Waals surface area contributed by atoms with Crippen LogP contribution in [0.5, 0.6) is 28.7 Å². The molecule has 10 nitrogen and oxygen atoms in total. The van der Waals surface area contributed by atoms with Crippen molar-refractivity contribution in [3.63, 3.8) is 0 Å². The number of rotatable bonds is 13. The number of carbonyl (C=O) groups is 1. The van der Waals surface area contributed by atoms with Crippen LogP contribution in [0.4, 0.5) is 4.79 Å². The van der Waals surface area contributed by atoms with Crippen molar-refractivity contribution in [1.82, 2.24) is 9.21 Å². The molecule has 1 aliphatic rings. The highest BCUT2D eigenvalue weighted by atomic mass is 32.2. The van der Waals surface area contributed by atoms with Crippen molar-refractivity contribution in [1.29, 1.82) is 0 Å². The van der Waals surface area contributed by atoms with E-state index in [9.17, 15) is 23.4 Å². The number of ether oxygens (including phenoxy) is 3. The molecule has 0 fully saturated rings. The van der Waals surface area contributed by atoms with Crippen molar-refractivity contribution in [3.8, 4) is 28.7 Å². The molecule has 198 valence electrons. The number of phenolic OH excluding ortho intramolecular Hbond substituents is 1. The van der Waals surface area contributed by atoms with Crippen LogP contribution in [-0.2, 0) is 16.4 Å². The molecule has 0 aromatic heterocycles. The molecule has 11 heteroatoms. The predicted molar refractivity (Wildman–Crippen MR) is 134 cm³/mol. The average Bonchev–Trinajstić information content (AvgIpc) is 3.31.